The zero-order valence-corrected chi connectivity index (χ0v) is 13.2. The Morgan fingerprint density at radius 2 is 2.05 bits per heavy atom. The molecule has 1 aliphatic rings. The molecule has 21 heavy (non-hydrogen) atoms. The minimum Gasteiger partial charge on any atom is -0.354 e. The summed E-state index contributed by atoms with van der Waals surface area (Å²) in [5.41, 5.74) is 0.0216. The van der Waals surface area contributed by atoms with Gasteiger partial charge in [0, 0.05) is 25.4 Å². The highest BCUT2D eigenvalue weighted by Gasteiger charge is 2.36. The first-order chi connectivity index (χ1) is 9.97. The summed E-state index contributed by atoms with van der Waals surface area (Å²) >= 11 is 1.87. The summed E-state index contributed by atoms with van der Waals surface area (Å²) in [5.74, 6) is 0.545. The molecule has 8 heteroatoms. The van der Waals surface area contributed by atoms with Gasteiger partial charge in [0.05, 0.1) is 0 Å². The number of rotatable bonds is 4. The number of fused-ring (bicyclic) bond motifs is 1. The topological polar surface area (TPSA) is 84.7 Å². The first-order valence-corrected chi connectivity index (χ1v) is 8.15. The van der Waals surface area contributed by atoms with E-state index < -0.39 is 0 Å². The Balaban J connectivity index is 1.95. The van der Waals surface area contributed by atoms with Gasteiger partial charge in [-0.15, -0.1) is 0 Å². The largest absolute Gasteiger partial charge is 0.354 e. The van der Waals surface area contributed by atoms with Gasteiger partial charge >= 0.3 is 5.69 Å². The summed E-state index contributed by atoms with van der Waals surface area (Å²) in [6.07, 6.45) is 5.78. The van der Waals surface area contributed by atoms with Crippen LogP contribution < -0.4 is 16.6 Å². The predicted octanol–water partition coefficient (Wildman–Crippen LogP) is 0.658. The van der Waals surface area contributed by atoms with Crippen LogP contribution in [-0.2, 0) is 14.1 Å². The summed E-state index contributed by atoms with van der Waals surface area (Å²) in [6.45, 7) is 0.808. The standard InChI is InChI=1S/C13H19N5O2S/c1-17-9-8(10(19)18(2)12(17)20)15-11(16-9)14-7-13(21-3)5-4-6-13/h4-7H2,1-3H3,(H2,14,15,16). The molecule has 2 heterocycles. The fourth-order valence-electron chi connectivity index (χ4n) is 2.68. The molecule has 0 bridgehead atoms. The van der Waals surface area contributed by atoms with Crippen molar-refractivity contribution in [2.24, 2.45) is 14.1 Å². The van der Waals surface area contributed by atoms with Crippen LogP contribution in [0.25, 0.3) is 11.2 Å². The summed E-state index contributed by atoms with van der Waals surface area (Å²) < 4.78 is 2.74. The maximum atomic E-state index is 12.1. The molecule has 114 valence electrons. The number of aromatic nitrogens is 4. The summed E-state index contributed by atoms with van der Waals surface area (Å²) in [7, 11) is 3.08. The Bertz CT molecular complexity index is 794. The van der Waals surface area contributed by atoms with Gasteiger partial charge in [0.2, 0.25) is 5.95 Å². The van der Waals surface area contributed by atoms with Crippen molar-refractivity contribution in [1.29, 1.82) is 0 Å². The minimum absolute atomic E-state index is 0.274. The number of nitrogens with one attached hydrogen (secondary N) is 2. The van der Waals surface area contributed by atoms with E-state index in [1.54, 1.807) is 7.05 Å². The highest BCUT2D eigenvalue weighted by molar-refractivity contribution is 8.00. The van der Waals surface area contributed by atoms with Gasteiger partial charge in [0.1, 0.15) is 0 Å². The second-order valence-corrected chi connectivity index (χ2v) is 6.86. The van der Waals surface area contributed by atoms with Gasteiger partial charge in [-0.2, -0.15) is 16.7 Å². The van der Waals surface area contributed by atoms with E-state index in [0.29, 0.717) is 17.1 Å². The van der Waals surface area contributed by atoms with Crippen molar-refractivity contribution >= 4 is 28.9 Å². The van der Waals surface area contributed by atoms with Crippen LogP contribution in [-0.4, -0.2) is 36.6 Å². The molecule has 2 N–H and O–H groups in total. The summed E-state index contributed by atoms with van der Waals surface area (Å²) in [6, 6.07) is 0. The Hall–Kier alpha value is -1.70. The molecule has 3 rings (SSSR count). The maximum absolute atomic E-state index is 12.1. The van der Waals surface area contributed by atoms with Crippen molar-refractivity contribution < 1.29 is 0 Å². The van der Waals surface area contributed by atoms with Gasteiger partial charge in [-0.3, -0.25) is 13.9 Å². The lowest BCUT2D eigenvalue weighted by Gasteiger charge is -2.40. The summed E-state index contributed by atoms with van der Waals surface area (Å²) in [4.78, 5) is 31.3. The fourth-order valence-corrected chi connectivity index (χ4v) is 3.59. The number of nitrogens with zero attached hydrogens (tertiary/aromatic N) is 3. The second kappa shape index (κ2) is 4.94. The highest BCUT2D eigenvalue weighted by Crippen LogP contribution is 2.42. The molecule has 2 aromatic rings. The van der Waals surface area contributed by atoms with Gasteiger partial charge in [0.25, 0.3) is 5.56 Å². The molecule has 0 saturated heterocycles. The van der Waals surface area contributed by atoms with E-state index in [4.69, 9.17) is 0 Å². The van der Waals surface area contributed by atoms with Crippen LogP contribution >= 0.6 is 11.8 Å². The lowest BCUT2D eigenvalue weighted by Crippen LogP contribution is -2.40. The number of thioether (sulfide) groups is 1. The quantitative estimate of drug-likeness (QED) is 0.866. The van der Waals surface area contributed by atoms with Gasteiger partial charge in [-0.1, -0.05) is 6.42 Å². The van der Waals surface area contributed by atoms with Crippen molar-refractivity contribution in [2.45, 2.75) is 24.0 Å². The first kappa shape index (κ1) is 14.2. The van der Waals surface area contributed by atoms with Crippen molar-refractivity contribution in [2.75, 3.05) is 18.1 Å². The third-order valence-electron chi connectivity index (χ3n) is 4.37. The number of H-pyrrole nitrogens is 1. The Labute approximate surface area is 125 Å². The van der Waals surface area contributed by atoms with Crippen molar-refractivity contribution in [3.05, 3.63) is 20.8 Å². The maximum Gasteiger partial charge on any atom is 0.332 e. The van der Waals surface area contributed by atoms with E-state index in [9.17, 15) is 9.59 Å². The number of hydrogen-bond acceptors (Lipinski definition) is 5. The first-order valence-electron chi connectivity index (χ1n) is 6.92. The third kappa shape index (κ3) is 2.17. The van der Waals surface area contributed by atoms with E-state index in [0.717, 1.165) is 11.1 Å². The van der Waals surface area contributed by atoms with Gasteiger partial charge in [-0.05, 0) is 19.1 Å². The summed E-state index contributed by atoms with van der Waals surface area (Å²) in [5, 5.41) is 3.27. The smallest absolute Gasteiger partial charge is 0.332 e. The van der Waals surface area contributed by atoms with E-state index in [1.807, 2.05) is 11.8 Å². The molecule has 2 aromatic heterocycles. The minimum atomic E-state index is -0.370. The number of aryl methyl sites for hydroxylation is 1. The molecular formula is C13H19N5O2S. The lowest BCUT2D eigenvalue weighted by atomic mass is 9.84. The Morgan fingerprint density at radius 3 is 2.62 bits per heavy atom. The molecule has 0 radical (unpaired) electrons. The van der Waals surface area contributed by atoms with E-state index in [2.05, 4.69) is 21.5 Å². The normalized spacial score (nSPS) is 16.9. The molecule has 0 amide bonds. The van der Waals surface area contributed by atoms with Crippen LogP contribution in [0.1, 0.15) is 19.3 Å². The number of aromatic amines is 1. The van der Waals surface area contributed by atoms with Crippen molar-refractivity contribution in [3.8, 4) is 0 Å². The van der Waals surface area contributed by atoms with Crippen molar-refractivity contribution in [1.82, 2.24) is 19.1 Å². The van der Waals surface area contributed by atoms with E-state index >= 15 is 0 Å². The van der Waals surface area contributed by atoms with E-state index in [1.165, 1.54) is 30.9 Å². The van der Waals surface area contributed by atoms with E-state index in [-0.39, 0.29) is 16.0 Å². The fraction of sp³-hybridized carbons (Fsp3) is 0.615. The highest BCUT2D eigenvalue weighted by atomic mass is 32.2. The monoisotopic (exact) mass is 309 g/mol. The molecule has 0 aliphatic heterocycles. The number of imidazole rings is 1. The molecular weight excluding hydrogens is 290 g/mol. The van der Waals surface area contributed by atoms with Gasteiger partial charge in [0.15, 0.2) is 11.2 Å². The predicted molar refractivity (Wildman–Crippen MR) is 85.2 cm³/mol. The van der Waals surface area contributed by atoms with Gasteiger partial charge < -0.3 is 10.3 Å². The Kier molecular flexibility index (Phi) is 3.35. The van der Waals surface area contributed by atoms with Crippen LogP contribution in [0.5, 0.6) is 0 Å². The van der Waals surface area contributed by atoms with Gasteiger partial charge in [-0.25, -0.2) is 4.79 Å². The van der Waals surface area contributed by atoms with Crippen LogP contribution in [0.15, 0.2) is 9.59 Å². The third-order valence-corrected chi connectivity index (χ3v) is 5.79. The average molecular weight is 309 g/mol. The number of hydrogen-bond donors (Lipinski definition) is 2. The Morgan fingerprint density at radius 1 is 1.33 bits per heavy atom. The van der Waals surface area contributed by atoms with Crippen molar-refractivity contribution in [3.63, 3.8) is 0 Å². The molecule has 0 spiro atoms. The van der Waals surface area contributed by atoms with Crippen LogP contribution in [0, 0.1) is 0 Å². The molecule has 1 aliphatic carbocycles. The van der Waals surface area contributed by atoms with Crippen LogP contribution in [0.3, 0.4) is 0 Å². The van der Waals surface area contributed by atoms with Crippen LogP contribution in [0.2, 0.25) is 0 Å². The molecule has 0 atom stereocenters. The SMILES string of the molecule is CSC1(CNc2nc3c([nH]2)c(=O)n(C)c(=O)n3C)CCC1. The molecule has 7 nitrogen and oxygen atoms in total. The molecule has 0 aromatic carbocycles. The zero-order valence-electron chi connectivity index (χ0n) is 12.4. The second-order valence-electron chi connectivity index (χ2n) is 5.58. The number of anilines is 1. The zero-order chi connectivity index (χ0) is 15.2. The van der Waals surface area contributed by atoms with Crippen LogP contribution in [0.4, 0.5) is 5.95 Å². The molecule has 0 unspecified atom stereocenters. The molecule has 1 fully saturated rings. The lowest BCUT2D eigenvalue weighted by molar-refractivity contribution is 0.379. The average Bonchev–Trinajstić information content (AvgIpc) is 2.87. The molecule has 1 saturated carbocycles.